The Morgan fingerprint density at radius 2 is 1.84 bits per heavy atom. The summed E-state index contributed by atoms with van der Waals surface area (Å²) in [4.78, 5) is 16.9. The Morgan fingerprint density at radius 1 is 1.05 bits per heavy atom. The molecule has 0 amide bonds. The van der Waals surface area contributed by atoms with E-state index < -0.39 is 0 Å². The summed E-state index contributed by atoms with van der Waals surface area (Å²) >= 11 is 8.16. The SMILES string of the molecule is [CH2-]C1(CS[C@H](CCc2ccccc2C(C)=O)c2cccc(/C=C/c3ccc4ccc(Cl)cc4n3)c2)CC1.[Na+]. The number of carbonyl (C=O) groups excluding carboxylic acids is 1. The monoisotopic (exact) mass is 547 g/mol. The molecule has 1 atom stereocenters. The molecule has 188 valence electrons. The van der Waals surface area contributed by atoms with Crippen molar-refractivity contribution in [3.8, 4) is 0 Å². The first-order valence-electron chi connectivity index (χ1n) is 12.8. The standard InChI is InChI=1S/C33H31ClNOS.Na/c1-23(36)30-9-4-3-7-25(30)13-17-32(37-22-33(2)18-19-33)27-8-5-6-24(20-27)10-15-29-16-12-26-11-14-28(34)21-31(26)35-29;/h3-12,14-16,20-21,32H,2,13,17-19,22H2,1H3;/q-1;+1/b15-10+;/t32-;/m1./s1. The van der Waals surface area contributed by atoms with Crippen LogP contribution in [0.25, 0.3) is 23.1 Å². The van der Waals surface area contributed by atoms with Gasteiger partial charge in [-0.05, 0) is 66.5 Å². The van der Waals surface area contributed by atoms with Crippen LogP contribution in [0.1, 0.15) is 64.2 Å². The summed E-state index contributed by atoms with van der Waals surface area (Å²) in [5.41, 5.74) is 6.47. The van der Waals surface area contributed by atoms with E-state index in [0.29, 0.717) is 10.3 Å². The molecule has 0 unspecified atom stereocenters. The average molecular weight is 548 g/mol. The molecule has 4 aromatic rings. The molecule has 1 saturated carbocycles. The number of fused-ring (bicyclic) bond motifs is 1. The fraction of sp³-hybridized carbons (Fsp3) is 0.242. The first-order chi connectivity index (χ1) is 17.9. The van der Waals surface area contributed by atoms with Crippen molar-refractivity contribution < 1.29 is 34.4 Å². The van der Waals surface area contributed by atoms with Crippen LogP contribution in [-0.4, -0.2) is 16.5 Å². The average Bonchev–Trinajstić information content (AvgIpc) is 3.64. The maximum absolute atomic E-state index is 12.1. The normalized spacial score (nSPS) is 14.8. The fourth-order valence-electron chi connectivity index (χ4n) is 4.56. The van der Waals surface area contributed by atoms with Gasteiger partial charge in [-0.1, -0.05) is 91.2 Å². The van der Waals surface area contributed by atoms with Crippen molar-refractivity contribution in [2.24, 2.45) is 5.41 Å². The number of hydrogen-bond donors (Lipinski definition) is 0. The summed E-state index contributed by atoms with van der Waals surface area (Å²) in [7, 11) is 0. The van der Waals surface area contributed by atoms with Gasteiger partial charge in [0.05, 0.1) is 11.2 Å². The van der Waals surface area contributed by atoms with Gasteiger partial charge in [0, 0.05) is 21.2 Å². The van der Waals surface area contributed by atoms with Gasteiger partial charge in [-0.3, -0.25) is 4.79 Å². The Bertz CT molecular complexity index is 1460. The third kappa shape index (κ3) is 7.61. The van der Waals surface area contributed by atoms with Crippen LogP contribution in [0.5, 0.6) is 0 Å². The zero-order valence-electron chi connectivity index (χ0n) is 22.1. The van der Waals surface area contributed by atoms with Crippen LogP contribution in [-0.2, 0) is 6.42 Å². The van der Waals surface area contributed by atoms with Crippen molar-refractivity contribution in [1.82, 2.24) is 4.98 Å². The maximum atomic E-state index is 12.1. The topological polar surface area (TPSA) is 30.0 Å². The number of pyridine rings is 1. The van der Waals surface area contributed by atoms with Gasteiger partial charge in [0.2, 0.25) is 0 Å². The number of aromatic nitrogens is 1. The maximum Gasteiger partial charge on any atom is 1.00 e. The smallest absolute Gasteiger partial charge is 0.336 e. The second kappa shape index (κ2) is 13.0. The number of ketones is 1. The molecule has 5 heteroatoms. The minimum Gasteiger partial charge on any atom is -0.336 e. The number of aryl methyl sites for hydroxylation is 1. The predicted molar refractivity (Wildman–Crippen MR) is 159 cm³/mol. The van der Waals surface area contributed by atoms with E-state index in [0.717, 1.165) is 51.9 Å². The second-order valence-electron chi connectivity index (χ2n) is 10.1. The van der Waals surface area contributed by atoms with E-state index in [1.54, 1.807) is 6.92 Å². The number of nitrogens with zero attached hydrogens (tertiary/aromatic N) is 1. The molecule has 5 rings (SSSR count). The molecular formula is C33H31ClNNaOS. The number of hydrogen-bond acceptors (Lipinski definition) is 3. The molecule has 0 N–H and O–H groups in total. The zero-order valence-corrected chi connectivity index (χ0v) is 25.7. The van der Waals surface area contributed by atoms with Crippen molar-refractivity contribution >= 4 is 52.2 Å². The van der Waals surface area contributed by atoms with Crippen LogP contribution in [0.2, 0.25) is 5.02 Å². The molecule has 0 bridgehead atoms. The number of carbonyl (C=O) groups is 1. The molecule has 0 aliphatic heterocycles. The van der Waals surface area contributed by atoms with Crippen molar-refractivity contribution in [1.29, 1.82) is 0 Å². The third-order valence-corrected chi connectivity index (χ3v) is 8.95. The summed E-state index contributed by atoms with van der Waals surface area (Å²) in [5.74, 6) is 1.20. The van der Waals surface area contributed by atoms with Crippen LogP contribution >= 0.6 is 23.4 Å². The Morgan fingerprint density at radius 3 is 2.63 bits per heavy atom. The molecule has 1 fully saturated rings. The van der Waals surface area contributed by atoms with Crippen molar-refractivity contribution in [3.63, 3.8) is 0 Å². The van der Waals surface area contributed by atoms with E-state index in [-0.39, 0.29) is 40.8 Å². The minimum atomic E-state index is 0. The molecule has 1 aromatic heterocycles. The van der Waals surface area contributed by atoms with Crippen LogP contribution in [0.15, 0.2) is 78.9 Å². The minimum absolute atomic E-state index is 0. The summed E-state index contributed by atoms with van der Waals surface area (Å²) in [6.07, 6.45) is 8.46. The van der Waals surface area contributed by atoms with Gasteiger partial charge < -0.3 is 6.92 Å². The fourth-order valence-corrected chi connectivity index (χ4v) is 6.19. The van der Waals surface area contributed by atoms with Gasteiger partial charge in [0.25, 0.3) is 0 Å². The van der Waals surface area contributed by atoms with Gasteiger partial charge in [0.15, 0.2) is 5.78 Å². The number of thioether (sulfide) groups is 1. The van der Waals surface area contributed by atoms with E-state index in [1.807, 2.05) is 54.2 Å². The summed E-state index contributed by atoms with van der Waals surface area (Å²) < 4.78 is 0. The van der Waals surface area contributed by atoms with Gasteiger partial charge in [-0.25, -0.2) is 4.98 Å². The van der Waals surface area contributed by atoms with Gasteiger partial charge in [0.1, 0.15) is 0 Å². The number of benzene rings is 3. The summed E-state index contributed by atoms with van der Waals surface area (Å²) in [6, 6.07) is 26.7. The van der Waals surface area contributed by atoms with Crippen LogP contribution < -0.4 is 29.6 Å². The molecule has 1 aliphatic carbocycles. The van der Waals surface area contributed by atoms with E-state index in [9.17, 15) is 4.79 Å². The molecule has 38 heavy (non-hydrogen) atoms. The van der Waals surface area contributed by atoms with Gasteiger partial charge in [-0.2, -0.15) is 11.8 Å². The van der Waals surface area contributed by atoms with Crippen LogP contribution in [0.3, 0.4) is 0 Å². The molecule has 0 radical (unpaired) electrons. The van der Waals surface area contributed by atoms with E-state index in [2.05, 4.69) is 55.5 Å². The van der Waals surface area contributed by atoms with Gasteiger partial charge >= 0.3 is 29.6 Å². The Labute approximate surface area is 257 Å². The first-order valence-corrected chi connectivity index (χ1v) is 14.2. The zero-order chi connectivity index (χ0) is 25.8. The molecule has 1 heterocycles. The van der Waals surface area contributed by atoms with E-state index in [4.69, 9.17) is 16.6 Å². The third-order valence-electron chi connectivity index (χ3n) is 7.03. The molecular weight excluding hydrogens is 517 g/mol. The molecule has 0 saturated heterocycles. The second-order valence-corrected chi connectivity index (χ2v) is 11.8. The Hall–Kier alpha value is -1.88. The van der Waals surface area contributed by atoms with Crippen LogP contribution in [0.4, 0.5) is 0 Å². The Balaban J connectivity index is 0.00000336. The van der Waals surface area contributed by atoms with E-state index >= 15 is 0 Å². The van der Waals surface area contributed by atoms with Crippen molar-refractivity contribution in [3.05, 3.63) is 119 Å². The number of halogens is 1. The van der Waals surface area contributed by atoms with Crippen LogP contribution in [0, 0.1) is 12.3 Å². The first kappa shape index (κ1) is 29.1. The number of Topliss-reactive ketones (excluding diaryl/α,β-unsaturated/α-hetero) is 1. The molecule has 2 nitrogen and oxygen atoms in total. The molecule has 0 spiro atoms. The summed E-state index contributed by atoms with van der Waals surface area (Å²) in [6.45, 7) is 6.07. The van der Waals surface area contributed by atoms with Gasteiger partial charge in [-0.15, -0.1) is 5.41 Å². The van der Waals surface area contributed by atoms with Crippen molar-refractivity contribution in [2.45, 2.75) is 37.9 Å². The number of rotatable bonds is 10. The molecule has 1 aliphatic rings. The van der Waals surface area contributed by atoms with E-state index in [1.165, 1.54) is 18.4 Å². The Kier molecular flexibility index (Phi) is 9.95. The predicted octanol–water partition coefficient (Wildman–Crippen LogP) is 6.29. The largest absolute Gasteiger partial charge is 1.00 e. The summed E-state index contributed by atoms with van der Waals surface area (Å²) in [5, 5.41) is 2.11. The van der Waals surface area contributed by atoms with Crippen molar-refractivity contribution in [2.75, 3.05) is 5.75 Å². The quantitative estimate of drug-likeness (QED) is 0.133. The molecule has 3 aromatic carbocycles.